The van der Waals surface area contributed by atoms with Gasteiger partial charge in [0.05, 0.1) is 6.42 Å². The van der Waals surface area contributed by atoms with Crippen molar-refractivity contribution in [1.82, 2.24) is 9.88 Å². The van der Waals surface area contributed by atoms with Crippen molar-refractivity contribution in [1.29, 1.82) is 0 Å². The number of hydrogen-bond donors (Lipinski definition) is 1. The normalized spacial score (nSPS) is 10.5. The zero-order valence-electron chi connectivity index (χ0n) is 10.2. The van der Waals surface area contributed by atoms with Gasteiger partial charge in [-0.3, -0.25) is 14.6 Å². The molecule has 1 N–H and O–H groups in total. The van der Waals surface area contributed by atoms with Crippen LogP contribution in [0.3, 0.4) is 0 Å². The number of aromatic nitrogens is 1. The minimum Gasteiger partial charge on any atom is -0.481 e. The van der Waals surface area contributed by atoms with Gasteiger partial charge in [-0.1, -0.05) is 6.07 Å². The van der Waals surface area contributed by atoms with Crippen molar-refractivity contribution < 1.29 is 14.7 Å². The fourth-order valence-electron chi connectivity index (χ4n) is 1.40. The molecule has 5 heteroatoms. The lowest BCUT2D eigenvalue weighted by Gasteiger charge is -2.17. The summed E-state index contributed by atoms with van der Waals surface area (Å²) in [4.78, 5) is 27.7. The van der Waals surface area contributed by atoms with E-state index in [1.54, 1.807) is 24.5 Å². The number of carbonyl (C=O) groups is 2. The Bertz CT molecular complexity index is 429. The van der Waals surface area contributed by atoms with Gasteiger partial charge in [0.2, 0.25) is 5.91 Å². The first kappa shape index (κ1) is 13.9. The van der Waals surface area contributed by atoms with Gasteiger partial charge in [-0.2, -0.15) is 0 Å². The van der Waals surface area contributed by atoms with Crippen LogP contribution in [0.2, 0.25) is 0 Å². The molecule has 0 atom stereocenters. The lowest BCUT2D eigenvalue weighted by Crippen LogP contribution is -2.31. The van der Waals surface area contributed by atoms with E-state index in [0.29, 0.717) is 6.54 Å². The molecule has 0 saturated carbocycles. The zero-order valence-corrected chi connectivity index (χ0v) is 10.2. The maximum Gasteiger partial charge on any atom is 0.305 e. The van der Waals surface area contributed by atoms with Gasteiger partial charge in [0, 0.05) is 31.6 Å². The fourth-order valence-corrected chi connectivity index (χ4v) is 1.40. The SMILES string of the molecule is CCN(CCC(=O)O)C(=O)/C=C/c1cccnc1. The van der Waals surface area contributed by atoms with Crippen LogP contribution in [0.1, 0.15) is 18.9 Å². The molecular weight excluding hydrogens is 232 g/mol. The summed E-state index contributed by atoms with van der Waals surface area (Å²) in [7, 11) is 0. The summed E-state index contributed by atoms with van der Waals surface area (Å²) >= 11 is 0. The summed E-state index contributed by atoms with van der Waals surface area (Å²) in [5.74, 6) is -1.10. The predicted molar refractivity (Wildman–Crippen MR) is 67.8 cm³/mol. The van der Waals surface area contributed by atoms with Gasteiger partial charge in [0.1, 0.15) is 0 Å². The zero-order chi connectivity index (χ0) is 13.4. The molecule has 1 aromatic rings. The molecule has 0 radical (unpaired) electrons. The van der Waals surface area contributed by atoms with Gasteiger partial charge in [-0.05, 0) is 24.6 Å². The number of amides is 1. The maximum atomic E-state index is 11.8. The summed E-state index contributed by atoms with van der Waals surface area (Å²) in [5, 5.41) is 8.58. The molecule has 1 heterocycles. The molecule has 0 aliphatic rings. The number of hydrogen-bond acceptors (Lipinski definition) is 3. The van der Waals surface area contributed by atoms with Gasteiger partial charge in [0.15, 0.2) is 0 Å². The van der Waals surface area contributed by atoms with E-state index in [0.717, 1.165) is 5.56 Å². The van der Waals surface area contributed by atoms with E-state index in [-0.39, 0.29) is 18.9 Å². The Kier molecular flexibility index (Phi) is 5.57. The number of nitrogens with zero attached hydrogens (tertiary/aromatic N) is 2. The van der Waals surface area contributed by atoms with E-state index in [9.17, 15) is 9.59 Å². The van der Waals surface area contributed by atoms with Crippen LogP contribution in [-0.4, -0.2) is 40.0 Å². The molecule has 1 amide bonds. The standard InChI is InChI=1S/C13H16N2O3/c1-2-15(9-7-13(17)18)12(16)6-5-11-4-3-8-14-10-11/h3-6,8,10H,2,7,9H2,1H3,(H,17,18)/b6-5+. The molecule has 0 spiro atoms. The highest BCUT2D eigenvalue weighted by molar-refractivity contribution is 5.91. The monoisotopic (exact) mass is 248 g/mol. The minimum absolute atomic E-state index is 0.0414. The lowest BCUT2D eigenvalue weighted by molar-refractivity contribution is -0.137. The molecule has 0 aromatic carbocycles. The molecule has 18 heavy (non-hydrogen) atoms. The Hall–Kier alpha value is -2.17. The Morgan fingerprint density at radius 2 is 2.28 bits per heavy atom. The number of carboxylic acids is 1. The smallest absolute Gasteiger partial charge is 0.305 e. The molecule has 0 fully saturated rings. The number of likely N-dealkylation sites (N-methyl/N-ethyl adjacent to an activating group) is 1. The average molecular weight is 248 g/mol. The molecule has 0 unspecified atom stereocenters. The molecule has 5 nitrogen and oxygen atoms in total. The van der Waals surface area contributed by atoms with Gasteiger partial charge >= 0.3 is 5.97 Å². The summed E-state index contributed by atoms with van der Waals surface area (Å²) in [6.45, 7) is 2.53. The van der Waals surface area contributed by atoms with Crippen LogP contribution >= 0.6 is 0 Å². The number of rotatable bonds is 6. The highest BCUT2D eigenvalue weighted by Gasteiger charge is 2.09. The van der Waals surface area contributed by atoms with Gasteiger partial charge in [0.25, 0.3) is 0 Å². The Balaban J connectivity index is 2.57. The number of carboxylic acid groups (broad SMARTS) is 1. The third kappa shape index (κ3) is 4.78. The summed E-state index contributed by atoms with van der Waals surface area (Å²) < 4.78 is 0. The second-order valence-corrected chi connectivity index (χ2v) is 3.68. The van der Waals surface area contributed by atoms with Crippen LogP contribution in [0.4, 0.5) is 0 Å². The predicted octanol–water partition coefficient (Wildman–Crippen LogP) is 1.42. The molecule has 1 aromatic heterocycles. The van der Waals surface area contributed by atoms with E-state index in [2.05, 4.69) is 4.98 Å². The van der Waals surface area contributed by atoms with Crippen molar-refractivity contribution >= 4 is 18.0 Å². The van der Waals surface area contributed by atoms with E-state index in [1.807, 2.05) is 13.0 Å². The van der Waals surface area contributed by atoms with Crippen LogP contribution in [-0.2, 0) is 9.59 Å². The lowest BCUT2D eigenvalue weighted by atomic mass is 10.2. The Morgan fingerprint density at radius 1 is 1.50 bits per heavy atom. The second kappa shape index (κ2) is 7.21. The summed E-state index contributed by atoms with van der Waals surface area (Å²) in [6, 6.07) is 3.62. The van der Waals surface area contributed by atoms with Gasteiger partial charge in [-0.25, -0.2) is 0 Å². The first-order valence-electron chi connectivity index (χ1n) is 5.72. The van der Waals surface area contributed by atoms with E-state index < -0.39 is 5.97 Å². The highest BCUT2D eigenvalue weighted by atomic mass is 16.4. The van der Waals surface area contributed by atoms with Crippen molar-refractivity contribution in [3.8, 4) is 0 Å². The van der Waals surface area contributed by atoms with Crippen LogP contribution in [0, 0.1) is 0 Å². The maximum absolute atomic E-state index is 11.8. The van der Waals surface area contributed by atoms with Crippen LogP contribution in [0.15, 0.2) is 30.6 Å². The molecular formula is C13H16N2O3. The molecule has 0 aliphatic heterocycles. The third-order valence-electron chi connectivity index (χ3n) is 2.39. The number of aliphatic carboxylic acids is 1. The summed E-state index contributed by atoms with van der Waals surface area (Å²) in [6.07, 6.45) is 6.36. The van der Waals surface area contributed by atoms with Gasteiger partial charge < -0.3 is 10.0 Å². The summed E-state index contributed by atoms with van der Waals surface area (Å²) in [5.41, 5.74) is 0.833. The molecule has 0 bridgehead atoms. The van der Waals surface area contributed by atoms with Crippen LogP contribution in [0.25, 0.3) is 6.08 Å². The van der Waals surface area contributed by atoms with Crippen molar-refractivity contribution in [3.63, 3.8) is 0 Å². The molecule has 1 rings (SSSR count). The van der Waals surface area contributed by atoms with Crippen LogP contribution in [0.5, 0.6) is 0 Å². The van der Waals surface area contributed by atoms with Crippen molar-refractivity contribution in [2.24, 2.45) is 0 Å². The first-order valence-corrected chi connectivity index (χ1v) is 5.72. The Morgan fingerprint density at radius 3 is 2.83 bits per heavy atom. The first-order chi connectivity index (χ1) is 8.63. The van der Waals surface area contributed by atoms with Crippen molar-refractivity contribution in [2.75, 3.05) is 13.1 Å². The number of carbonyl (C=O) groups excluding carboxylic acids is 1. The van der Waals surface area contributed by atoms with Crippen molar-refractivity contribution in [2.45, 2.75) is 13.3 Å². The Labute approximate surface area is 106 Å². The molecule has 96 valence electrons. The number of pyridine rings is 1. The van der Waals surface area contributed by atoms with E-state index in [1.165, 1.54) is 11.0 Å². The topological polar surface area (TPSA) is 70.5 Å². The fraction of sp³-hybridized carbons (Fsp3) is 0.308. The largest absolute Gasteiger partial charge is 0.481 e. The van der Waals surface area contributed by atoms with Crippen LogP contribution < -0.4 is 0 Å². The second-order valence-electron chi connectivity index (χ2n) is 3.68. The average Bonchev–Trinajstić information content (AvgIpc) is 2.38. The molecule has 0 aliphatic carbocycles. The highest BCUT2D eigenvalue weighted by Crippen LogP contribution is 2.01. The van der Waals surface area contributed by atoms with Crippen molar-refractivity contribution in [3.05, 3.63) is 36.2 Å². The molecule has 0 saturated heterocycles. The minimum atomic E-state index is -0.905. The van der Waals surface area contributed by atoms with Gasteiger partial charge in [-0.15, -0.1) is 0 Å². The third-order valence-corrected chi connectivity index (χ3v) is 2.39. The quantitative estimate of drug-likeness (QED) is 0.773. The van der Waals surface area contributed by atoms with E-state index in [4.69, 9.17) is 5.11 Å². The van der Waals surface area contributed by atoms with E-state index >= 15 is 0 Å².